The summed E-state index contributed by atoms with van der Waals surface area (Å²) in [6.45, 7) is 5.85. The highest BCUT2D eigenvalue weighted by molar-refractivity contribution is 5.76. The average Bonchev–Trinajstić information content (AvgIpc) is 2.31. The van der Waals surface area contributed by atoms with Crippen LogP contribution in [0.25, 0.3) is 0 Å². The van der Waals surface area contributed by atoms with E-state index in [0.717, 1.165) is 6.42 Å². The molecule has 0 saturated heterocycles. The molecule has 0 unspecified atom stereocenters. The molecule has 5 heteroatoms. The van der Waals surface area contributed by atoms with Crippen LogP contribution in [0.1, 0.15) is 39.5 Å². The molecule has 0 heterocycles. The minimum atomic E-state index is -0.215. The molecule has 0 radical (unpaired) electrons. The van der Waals surface area contributed by atoms with Crippen molar-refractivity contribution in [3.05, 3.63) is 0 Å². The predicted molar refractivity (Wildman–Crippen MR) is 64.6 cm³/mol. The summed E-state index contributed by atoms with van der Waals surface area (Å²) in [5.41, 5.74) is 0. The Morgan fingerprint density at radius 1 is 1.12 bits per heavy atom. The molecule has 100 valence electrons. The van der Waals surface area contributed by atoms with Crippen LogP contribution < -0.4 is 5.32 Å². The highest BCUT2D eigenvalue weighted by atomic mass is 16.5. The van der Waals surface area contributed by atoms with Crippen LogP contribution >= 0.6 is 0 Å². The van der Waals surface area contributed by atoms with E-state index in [1.807, 2.05) is 6.92 Å². The van der Waals surface area contributed by atoms with Crippen molar-refractivity contribution in [3.63, 3.8) is 0 Å². The van der Waals surface area contributed by atoms with Gasteiger partial charge >= 0.3 is 5.97 Å². The standard InChI is InChI=1S/C12H23NO4/c1-3-9-16-10-7-11(14)13-8-5-6-12(15)17-4-2/h3-10H2,1-2H3,(H,13,14). The Hall–Kier alpha value is -1.10. The van der Waals surface area contributed by atoms with Crippen LogP contribution in [0.5, 0.6) is 0 Å². The van der Waals surface area contributed by atoms with Gasteiger partial charge < -0.3 is 14.8 Å². The maximum Gasteiger partial charge on any atom is 0.305 e. The average molecular weight is 245 g/mol. The smallest absolute Gasteiger partial charge is 0.305 e. The molecule has 0 aliphatic carbocycles. The maximum atomic E-state index is 11.3. The molecule has 0 atom stereocenters. The number of hydrogen-bond donors (Lipinski definition) is 1. The van der Waals surface area contributed by atoms with E-state index in [1.54, 1.807) is 6.92 Å². The van der Waals surface area contributed by atoms with Crippen molar-refractivity contribution < 1.29 is 19.1 Å². The van der Waals surface area contributed by atoms with Crippen LogP contribution in [-0.4, -0.2) is 38.2 Å². The number of ether oxygens (including phenoxy) is 2. The fraction of sp³-hybridized carbons (Fsp3) is 0.833. The number of hydrogen-bond acceptors (Lipinski definition) is 4. The van der Waals surface area contributed by atoms with Crippen molar-refractivity contribution >= 4 is 11.9 Å². The second-order valence-electron chi connectivity index (χ2n) is 3.62. The van der Waals surface area contributed by atoms with Crippen LogP contribution in [0.4, 0.5) is 0 Å². The first-order valence-corrected chi connectivity index (χ1v) is 6.20. The van der Waals surface area contributed by atoms with Crippen molar-refractivity contribution in [1.29, 1.82) is 0 Å². The summed E-state index contributed by atoms with van der Waals surface area (Å²) < 4.78 is 9.96. The molecule has 0 aliphatic heterocycles. The number of carbonyl (C=O) groups is 2. The van der Waals surface area contributed by atoms with Crippen molar-refractivity contribution in [2.75, 3.05) is 26.4 Å². The second kappa shape index (κ2) is 11.4. The number of amides is 1. The molecule has 0 fully saturated rings. The number of nitrogens with one attached hydrogen (secondary N) is 1. The minimum Gasteiger partial charge on any atom is -0.466 e. The number of esters is 1. The molecule has 1 amide bonds. The zero-order chi connectivity index (χ0) is 12.9. The van der Waals surface area contributed by atoms with E-state index in [1.165, 1.54) is 0 Å². The van der Waals surface area contributed by atoms with Crippen molar-refractivity contribution in [2.45, 2.75) is 39.5 Å². The summed E-state index contributed by atoms with van der Waals surface area (Å²) in [6.07, 6.45) is 2.29. The Kier molecular flexibility index (Phi) is 10.7. The molecule has 0 bridgehead atoms. The molecule has 0 spiro atoms. The van der Waals surface area contributed by atoms with E-state index in [-0.39, 0.29) is 11.9 Å². The lowest BCUT2D eigenvalue weighted by molar-refractivity contribution is -0.143. The Morgan fingerprint density at radius 3 is 2.53 bits per heavy atom. The van der Waals surface area contributed by atoms with E-state index in [9.17, 15) is 9.59 Å². The molecule has 5 nitrogen and oxygen atoms in total. The monoisotopic (exact) mass is 245 g/mol. The van der Waals surface area contributed by atoms with Gasteiger partial charge in [0.1, 0.15) is 0 Å². The number of rotatable bonds is 10. The third-order valence-electron chi connectivity index (χ3n) is 2.01. The van der Waals surface area contributed by atoms with Gasteiger partial charge in [-0.2, -0.15) is 0 Å². The van der Waals surface area contributed by atoms with Crippen LogP contribution in [0.15, 0.2) is 0 Å². The minimum absolute atomic E-state index is 0.0371. The summed E-state index contributed by atoms with van der Waals surface area (Å²) in [5.74, 6) is -0.252. The van der Waals surface area contributed by atoms with Gasteiger partial charge in [-0.3, -0.25) is 9.59 Å². The fourth-order valence-corrected chi connectivity index (χ4v) is 1.19. The predicted octanol–water partition coefficient (Wildman–Crippen LogP) is 1.26. The first kappa shape index (κ1) is 15.9. The van der Waals surface area contributed by atoms with Gasteiger partial charge in [-0.25, -0.2) is 0 Å². The molecular formula is C12H23NO4. The van der Waals surface area contributed by atoms with Crippen molar-refractivity contribution in [3.8, 4) is 0 Å². The zero-order valence-electron chi connectivity index (χ0n) is 10.8. The van der Waals surface area contributed by atoms with Crippen molar-refractivity contribution in [2.24, 2.45) is 0 Å². The van der Waals surface area contributed by atoms with E-state index in [4.69, 9.17) is 9.47 Å². The number of carbonyl (C=O) groups excluding carboxylic acids is 2. The van der Waals surface area contributed by atoms with E-state index in [0.29, 0.717) is 45.6 Å². The van der Waals surface area contributed by atoms with Gasteiger partial charge in [0, 0.05) is 26.0 Å². The largest absolute Gasteiger partial charge is 0.466 e. The molecule has 0 aromatic rings. The molecule has 0 rings (SSSR count). The summed E-state index contributed by atoms with van der Waals surface area (Å²) in [7, 11) is 0. The Morgan fingerprint density at radius 2 is 1.88 bits per heavy atom. The molecule has 1 N–H and O–H groups in total. The van der Waals surface area contributed by atoms with Gasteiger partial charge in [-0.05, 0) is 19.8 Å². The van der Waals surface area contributed by atoms with Crippen LogP contribution in [-0.2, 0) is 19.1 Å². The summed E-state index contributed by atoms with van der Waals surface area (Å²) in [4.78, 5) is 22.2. The third kappa shape index (κ3) is 11.2. The highest BCUT2D eigenvalue weighted by Gasteiger charge is 2.03. The van der Waals surface area contributed by atoms with Crippen LogP contribution in [0.2, 0.25) is 0 Å². The quantitative estimate of drug-likeness (QED) is 0.465. The normalized spacial score (nSPS) is 10.0. The summed E-state index contributed by atoms with van der Waals surface area (Å²) in [6, 6.07) is 0. The molecule has 0 saturated carbocycles. The fourth-order valence-electron chi connectivity index (χ4n) is 1.19. The zero-order valence-corrected chi connectivity index (χ0v) is 10.8. The summed E-state index contributed by atoms with van der Waals surface area (Å²) in [5, 5.41) is 2.73. The van der Waals surface area contributed by atoms with Gasteiger partial charge in [-0.1, -0.05) is 6.92 Å². The first-order chi connectivity index (χ1) is 8.20. The third-order valence-corrected chi connectivity index (χ3v) is 2.01. The lowest BCUT2D eigenvalue weighted by atomic mass is 10.3. The summed E-state index contributed by atoms with van der Waals surface area (Å²) >= 11 is 0. The van der Waals surface area contributed by atoms with Gasteiger partial charge in [0.2, 0.25) is 5.91 Å². The van der Waals surface area contributed by atoms with Gasteiger partial charge in [0.25, 0.3) is 0 Å². The van der Waals surface area contributed by atoms with E-state index >= 15 is 0 Å². The van der Waals surface area contributed by atoms with E-state index < -0.39 is 0 Å². The highest BCUT2D eigenvalue weighted by Crippen LogP contribution is 1.92. The maximum absolute atomic E-state index is 11.3. The van der Waals surface area contributed by atoms with Crippen LogP contribution in [0, 0.1) is 0 Å². The molecule has 0 aromatic carbocycles. The van der Waals surface area contributed by atoms with Crippen molar-refractivity contribution in [1.82, 2.24) is 5.32 Å². The second-order valence-corrected chi connectivity index (χ2v) is 3.62. The first-order valence-electron chi connectivity index (χ1n) is 6.20. The lowest BCUT2D eigenvalue weighted by Gasteiger charge is -2.05. The SMILES string of the molecule is CCCOCCC(=O)NCCCC(=O)OCC. The van der Waals surface area contributed by atoms with Gasteiger partial charge in [0.15, 0.2) is 0 Å². The Bertz CT molecular complexity index is 219. The van der Waals surface area contributed by atoms with Gasteiger partial charge in [-0.15, -0.1) is 0 Å². The topological polar surface area (TPSA) is 64.6 Å². The molecular weight excluding hydrogens is 222 g/mol. The Labute approximate surface area is 103 Å². The lowest BCUT2D eigenvalue weighted by Crippen LogP contribution is -2.26. The molecule has 17 heavy (non-hydrogen) atoms. The van der Waals surface area contributed by atoms with Crippen LogP contribution in [0.3, 0.4) is 0 Å². The molecule has 0 aliphatic rings. The Balaban J connectivity index is 3.30. The van der Waals surface area contributed by atoms with Gasteiger partial charge in [0.05, 0.1) is 13.2 Å². The van der Waals surface area contributed by atoms with E-state index in [2.05, 4.69) is 5.32 Å². The molecule has 0 aromatic heterocycles.